The van der Waals surface area contributed by atoms with Gasteiger partial charge in [-0.15, -0.1) is 0 Å². The van der Waals surface area contributed by atoms with E-state index >= 15 is 0 Å². The van der Waals surface area contributed by atoms with Crippen molar-refractivity contribution in [2.45, 2.75) is 95.1 Å². The maximum absolute atomic E-state index is 13.1. The van der Waals surface area contributed by atoms with Gasteiger partial charge in [-0.05, 0) is 42.4 Å². The van der Waals surface area contributed by atoms with Crippen LogP contribution in [-0.2, 0) is 16.3 Å². The topological polar surface area (TPSA) is 34.1 Å². The van der Waals surface area contributed by atoms with E-state index in [2.05, 4.69) is 51.1 Å². The molecule has 0 bridgehead atoms. The SMILES string of the molecule is CC[C@@H](C)C(CCCCCCCC[C@@H](C)Cc1ccccc1)S(=O)(=O)c1ccccc1. The lowest BCUT2D eigenvalue weighted by atomic mass is 9.95. The van der Waals surface area contributed by atoms with Gasteiger partial charge >= 0.3 is 0 Å². The average Bonchev–Trinajstić information content (AvgIpc) is 2.78. The molecular formula is C28H42O2S. The largest absolute Gasteiger partial charge is 0.223 e. The average molecular weight is 443 g/mol. The third-order valence-electron chi connectivity index (χ3n) is 6.61. The van der Waals surface area contributed by atoms with Gasteiger partial charge in [0.05, 0.1) is 10.1 Å². The lowest BCUT2D eigenvalue weighted by molar-refractivity contribution is 0.450. The fourth-order valence-corrected chi connectivity index (χ4v) is 6.62. The van der Waals surface area contributed by atoms with Crippen molar-refractivity contribution >= 4 is 9.84 Å². The Morgan fingerprint density at radius 1 is 0.710 bits per heavy atom. The lowest BCUT2D eigenvalue weighted by Gasteiger charge is -2.23. The molecule has 0 aliphatic rings. The third-order valence-corrected chi connectivity index (χ3v) is 9.04. The van der Waals surface area contributed by atoms with Gasteiger partial charge < -0.3 is 0 Å². The minimum atomic E-state index is -3.25. The number of sulfone groups is 1. The second kappa shape index (κ2) is 13.7. The molecule has 0 N–H and O–H groups in total. The molecule has 0 saturated heterocycles. The van der Waals surface area contributed by atoms with Crippen molar-refractivity contribution in [1.29, 1.82) is 0 Å². The first kappa shape index (κ1) is 25.6. The Labute approximate surface area is 191 Å². The van der Waals surface area contributed by atoms with Gasteiger partial charge in [0.1, 0.15) is 0 Å². The van der Waals surface area contributed by atoms with Crippen molar-refractivity contribution in [1.82, 2.24) is 0 Å². The van der Waals surface area contributed by atoms with E-state index in [9.17, 15) is 8.42 Å². The van der Waals surface area contributed by atoms with Crippen molar-refractivity contribution in [3.05, 3.63) is 66.2 Å². The summed E-state index contributed by atoms with van der Waals surface area (Å²) in [7, 11) is -3.25. The van der Waals surface area contributed by atoms with E-state index in [0.717, 1.165) is 31.6 Å². The van der Waals surface area contributed by atoms with E-state index in [1.807, 2.05) is 18.2 Å². The van der Waals surface area contributed by atoms with Crippen LogP contribution in [0.1, 0.15) is 84.1 Å². The maximum Gasteiger partial charge on any atom is 0.181 e. The second-order valence-electron chi connectivity index (χ2n) is 9.28. The van der Waals surface area contributed by atoms with Crippen molar-refractivity contribution in [3.8, 4) is 0 Å². The van der Waals surface area contributed by atoms with Crippen LogP contribution in [-0.4, -0.2) is 13.7 Å². The van der Waals surface area contributed by atoms with Gasteiger partial charge in [-0.25, -0.2) is 8.42 Å². The van der Waals surface area contributed by atoms with Crippen molar-refractivity contribution < 1.29 is 8.42 Å². The zero-order valence-corrected chi connectivity index (χ0v) is 20.6. The third kappa shape index (κ3) is 8.80. The molecule has 31 heavy (non-hydrogen) atoms. The fraction of sp³-hybridized carbons (Fsp3) is 0.571. The number of rotatable bonds is 15. The molecule has 3 heteroatoms. The normalized spacial score (nSPS) is 14.8. The van der Waals surface area contributed by atoms with E-state index in [-0.39, 0.29) is 11.2 Å². The number of hydrogen-bond donors (Lipinski definition) is 0. The van der Waals surface area contributed by atoms with Crippen LogP contribution in [0.5, 0.6) is 0 Å². The first-order valence-electron chi connectivity index (χ1n) is 12.3. The zero-order chi connectivity index (χ0) is 22.5. The number of hydrogen-bond acceptors (Lipinski definition) is 2. The molecule has 2 rings (SSSR count). The minimum absolute atomic E-state index is 0.191. The molecule has 0 aliphatic heterocycles. The van der Waals surface area contributed by atoms with Crippen LogP contribution in [0.2, 0.25) is 0 Å². The molecule has 0 radical (unpaired) electrons. The van der Waals surface area contributed by atoms with Crippen LogP contribution in [0.15, 0.2) is 65.6 Å². The maximum atomic E-state index is 13.1. The van der Waals surface area contributed by atoms with E-state index in [1.54, 1.807) is 12.1 Å². The van der Waals surface area contributed by atoms with Gasteiger partial charge in [-0.1, -0.05) is 121 Å². The van der Waals surface area contributed by atoms with Gasteiger partial charge in [-0.3, -0.25) is 0 Å². The number of unbranched alkanes of at least 4 members (excludes halogenated alkanes) is 5. The molecule has 0 saturated carbocycles. The highest BCUT2D eigenvalue weighted by Gasteiger charge is 2.30. The summed E-state index contributed by atoms with van der Waals surface area (Å²) in [5.41, 5.74) is 1.44. The summed E-state index contributed by atoms with van der Waals surface area (Å²) < 4.78 is 26.3. The summed E-state index contributed by atoms with van der Waals surface area (Å²) in [6.45, 7) is 6.54. The predicted octanol–water partition coefficient (Wildman–Crippen LogP) is 7.87. The van der Waals surface area contributed by atoms with Crippen LogP contribution < -0.4 is 0 Å². The van der Waals surface area contributed by atoms with Gasteiger partial charge in [0.25, 0.3) is 0 Å². The van der Waals surface area contributed by atoms with Gasteiger partial charge in [0.15, 0.2) is 9.84 Å². The van der Waals surface area contributed by atoms with Crippen molar-refractivity contribution in [3.63, 3.8) is 0 Å². The smallest absolute Gasteiger partial charge is 0.181 e. The Hall–Kier alpha value is -1.61. The molecule has 3 atom stereocenters. The highest BCUT2D eigenvalue weighted by atomic mass is 32.2. The molecule has 0 fully saturated rings. The van der Waals surface area contributed by atoms with Crippen LogP contribution >= 0.6 is 0 Å². The molecule has 0 amide bonds. The summed E-state index contributed by atoms with van der Waals surface area (Å²) in [5, 5.41) is -0.265. The fourth-order valence-electron chi connectivity index (χ4n) is 4.46. The summed E-state index contributed by atoms with van der Waals surface area (Å²) >= 11 is 0. The summed E-state index contributed by atoms with van der Waals surface area (Å²) in [6, 6.07) is 19.8. The molecule has 2 aromatic carbocycles. The Bertz CT molecular complexity index is 815. The molecule has 0 aromatic heterocycles. The van der Waals surface area contributed by atoms with E-state index < -0.39 is 9.84 Å². The zero-order valence-electron chi connectivity index (χ0n) is 19.8. The standard InChI is InChI=1S/C28H42O2S/c1-4-25(3)28(31(29,30)27-20-14-10-15-21-27)22-16-8-6-5-7-11-17-24(2)23-26-18-12-9-13-19-26/h9-10,12-15,18-21,24-25,28H,4-8,11,16-17,22-23H2,1-3H3/t24-,25-,28?/m1/s1. The van der Waals surface area contributed by atoms with Crippen LogP contribution in [0.4, 0.5) is 0 Å². The van der Waals surface area contributed by atoms with Gasteiger partial charge in [0.2, 0.25) is 0 Å². The summed E-state index contributed by atoms with van der Waals surface area (Å²) in [4.78, 5) is 0.477. The molecule has 1 unspecified atom stereocenters. The van der Waals surface area contributed by atoms with E-state index in [1.165, 1.54) is 44.1 Å². The van der Waals surface area contributed by atoms with Gasteiger partial charge in [-0.2, -0.15) is 0 Å². The summed E-state index contributed by atoms with van der Waals surface area (Å²) in [5.74, 6) is 0.929. The van der Waals surface area contributed by atoms with Gasteiger partial charge in [0, 0.05) is 0 Å². The molecule has 172 valence electrons. The van der Waals surface area contributed by atoms with Crippen molar-refractivity contribution in [2.75, 3.05) is 0 Å². The van der Waals surface area contributed by atoms with Crippen LogP contribution in [0.25, 0.3) is 0 Å². The molecule has 0 aliphatic carbocycles. The van der Waals surface area contributed by atoms with Crippen LogP contribution in [0.3, 0.4) is 0 Å². The molecule has 0 spiro atoms. The second-order valence-corrected chi connectivity index (χ2v) is 11.4. The highest BCUT2D eigenvalue weighted by molar-refractivity contribution is 7.92. The Morgan fingerprint density at radius 3 is 1.81 bits per heavy atom. The van der Waals surface area contributed by atoms with E-state index in [4.69, 9.17) is 0 Å². The summed E-state index contributed by atoms with van der Waals surface area (Å²) in [6.07, 6.45) is 11.3. The Balaban J connectivity index is 1.65. The first-order chi connectivity index (χ1) is 14.9. The Kier molecular flexibility index (Phi) is 11.4. The minimum Gasteiger partial charge on any atom is -0.223 e. The highest BCUT2D eigenvalue weighted by Crippen LogP contribution is 2.28. The number of benzene rings is 2. The first-order valence-corrected chi connectivity index (χ1v) is 13.8. The molecule has 2 aromatic rings. The van der Waals surface area contributed by atoms with E-state index in [0.29, 0.717) is 4.90 Å². The monoisotopic (exact) mass is 442 g/mol. The molecule has 2 nitrogen and oxygen atoms in total. The molecule has 0 heterocycles. The van der Waals surface area contributed by atoms with Crippen molar-refractivity contribution in [2.24, 2.45) is 11.8 Å². The molecular weight excluding hydrogens is 400 g/mol. The van der Waals surface area contributed by atoms with Crippen LogP contribution in [0, 0.1) is 11.8 Å². The Morgan fingerprint density at radius 2 is 1.23 bits per heavy atom. The quantitative estimate of drug-likeness (QED) is 0.263. The lowest BCUT2D eigenvalue weighted by Crippen LogP contribution is -2.28. The predicted molar refractivity (Wildman–Crippen MR) is 133 cm³/mol.